The molecule has 0 radical (unpaired) electrons. The fourth-order valence-corrected chi connectivity index (χ4v) is 3.66. The van der Waals surface area contributed by atoms with Crippen LogP contribution in [0, 0.1) is 3.57 Å². The van der Waals surface area contributed by atoms with E-state index < -0.39 is 0 Å². The Balaban J connectivity index is 1.52. The van der Waals surface area contributed by atoms with Crippen molar-refractivity contribution in [3.05, 3.63) is 27.8 Å². The summed E-state index contributed by atoms with van der Waals surface area (Å²) in [7, 11) is 0. The van der Waals surface area contributed by atoms with Crippen molar-refractivity contribution in [2.75, 3.05) is 6.61 Å². The first-order chi connectivity index (χ1) is 8.76. The molecule has 3 heteroatoms. The van der Waals surface area contributed by atoms with E-state index >= 15 is 0 Å². The summed E-state index contributed by atoms with van der Waals surface area (Å²) in [5.41, 5.74) is 0.221. The Bertz CT molecular complexity index is 413. The van der Waals surface area contributed by atoms with Gasteiger partial charge in [0.15, 0.2) is 0 Å². The molecule has 1 heterocycles. The van der Waals surface area contributed by atoms with E-state index in [4.69, 9.17) is 9.47 Å². The van der Waals surface area contributed by atoms with Crippen molar-refractivity contribution in [1.29, 1.82) is 0 Å². The van der Waals surface area contributed by atoms with Crippen LogP contribution in [0.25, 0.3) is 0 Å². The SMILES string of the molecule is Ic1cccc(OCC2CCC3(CCCC3)O2)c1. The predicted octanol–water partition coefficient (Wildman–Crippen LogP) is 4.16. The van der Waals surface area contributed by atoms with Crippen LogP contribution >= 0.6 is 22.6 Å². The highest BCUT2D eigenvalue weighted by Gasteiger charge is 2.42. The summed E-state index contributed by atoms with van der Waals surface area (Å²) in [6.45, 7) is 0.696. The zero-order chi connectivity index (χ0) is 12.4. The Morgan fingerprint density at radius 2 is 2.11 bits per heavy atom. The number of benzene rings is 1. The molecule has 98 valence electrons. The maximum Gasteiger partial charge on any atom is 0.120 e. The van der Waals surface area contributed by atoms with Crippen LogP contribution in [-0.4, -0.2) is 18.3 Å². The minimum Gasteiger partial charge on any atom is -0.491 e. The second-order valence-electron chi connectivity index (χ2n) is 5.44. The van der Waals surface area contributed by atoms with Crippen LogP contribution in [-0.2, 0) is 4.74 Å². The summed E-state index contributed by atoms with van der Waals surface area (Å²) in [5, 5.41) is 0. The molecule has 1 unspecified atom stereocenters. The first kappa shape index (κ1) is 12.7. The van der Waals surface area contributed by atoms with Gasteiger partial charge in [-0.1, -0.05) is 18.9 Å². The number of halogens is 1. The van der Waals surface area contributed by atoms with Gasteiger partial charge in [-0.05, 0) is 66.5 Å². The Hall–Kier alpha value is -0.290. The summed E-state index contributed by atoms with van der Waals surface area (Å²) in [6.07, 6.45) is 7.87. The highest BCUT2D eigenvalue weighted by molar-refractivity contribution is 14.1. The van der Waals surface area contributed by atoms with Crippen molar-refractivity contribution < 1.29 is 9.47 Å². The highest BCUT2D eigenvalue weighted by Crippen LogP contribution is 2.43. The first-order valence-electron chi connectivity index (χ1n) is 6.82. The van der Waals surface area contributed by atoms with Crippen LogP contribution in [0.3, 0.4) is 0 Å². The zero-order valence-corrected chi connectivity index (χ0v) is 12.7. The summed E-state index contributed by atoms with van der Waals surface area (Å²) in [4.78, 5) is 0. The molecule has 1 saturated carbocycles. The molecule has 3 rings (SSSR count). The van der Waals surface area contributed by atoms with Gasteiger partial charge in [0.2, 0.25) is 0 Å². The quantitative estimate of drug-likeness (QED) is 0.756. The average molecular weight is 358 g/mol. The lowest BCUT2D eigenvalue weighted by molar-refractivity contribution is -0.0508. The molecule has 1 aliphatic heterocycles. The largest absolute Gasteiger partial charge is 0.491 e. The fourth-order valence-electron chi connectivity index (χ4n) is 3.15. The minimum absolute atomic E-state index is 0.221. The number of hydrogen-bond acceptors (Lipinski definition) is 2. The Morgan fingerprint density at radius 1 is 1.28 bits per heavy atom. The van der Waals surface area contributed by atoms with Crippen LogP contribution in [0.4, 0.5) is 0 Å². The van der Waals surface area contributed by atoms with Crippen LogP contribution in [0.5, 0.6) is 5.75 Å². The molecule has 0 aromatic heterocycles. The van der Waals surface area contributed by atoms with E-state index in [1.54, 1.807) is 0 Å². The minimum atomic E-state index is 0.221. The second-order valence-corrected chi connectivity index (χ2v) is 6.68. The third kappa shape index (κ3) is 2.82. The Kier molecular flexibility index (Phi) is 3.80. The normalized spacial score (nSPS) is 25.7. The van der Waals surface area contributed by atoms with Crippen molar-refractivity contribution in [2.24, 2.45) is 0 Å². The van der Waals surface area contributed by atoms with Gasteiger partial charge in [0.25, 0.3) is 0 Å². The van der Waals surface area contributed by atoms with Gasteiger partial charge in [-0.2, -0.15) is 0 Å². The summed E-state index contributed by atoms with van der Waals surface area (Å²) >= 11 is 2.31. The molecule has 1 aliphatic carbocycles. The van der Waals surface area contributed by atoms with Gasteiger partial charge in [0, 0.05) is 3.57 Å². The molecular weight excluding hydrogens is 339 g/mol. The molecule has 2 fully saturated rings. The molecule has 2 aliphatic rings. The fraction of sp³-hybridized carbons (Fsp3) is 0.600. The summed E-state index contributed by atoms with van der Waals surface area (Å²) < 4.78 is 13.3. The van der Waals surface area contributed by atoms with Crippen LogP contribution in [0.15, 0.2) is 24.3 Å². The molecule has 0 bridgehead atoms. The van der Waals surface area contributed by atoms with Crippen molar-refractivity contribution in [2.45, 2.75) is 50.2 Å². The van der Waals surface area contributed by atoms with E-state index in [2.05, 4.69) is 34.7 Å². The molecule has 1 saturated heterocycles. The van der Waals surface area contributed by atoms with Gasteiger partial charge in [-0.15, -0.1) is 0 Å². The molecule has 1 spiro atoms. The maximum atomic E-state index is 6.23. The lowest BCUT2D eigenvalue weighted by Gasteiger charge is -2.23. The van der Waals surface area contributed by atoms with Crippen LogP contribution in [0.2, 0.25) is 0 Å². The summed E-state index contributed by atoms with van der Waals surface area (Å²) in [6, 6.07) is 8.20. The molecule has 0 amide bonds. The van der Waals surface area contributed by atoms with Crippen molar-refractivity contribution in [3.63, 3.8) is 0 Å². The van der Waals surface area contributed by atoms with E-state index in [1.165, 1.54) is 35.7 Å². The van der Waals surface area contributed by atoms with Gasteiger partial charge >= 0.3 is 0 Å². The van der Waals surface area contributed by atoms with Gasteiger partial charge < -0.3 is 9.47 Å². The van der Waals surface area contributed by atoms with Gasteiger partial charge in [-0.25, -0.2) is 0 Å². The second kappa shape index (κ2) is 5.37. The lowest BCUT2D eigenvalue weighted by atomic mass is 9.98. The van der Waals surface area contributed by atoms with E-state index in [0.717, 1.165) is 12.2 Å². The van der Waals surface area contributed by atoms with Crippen molar-refractivity contribution in [3.8, 4) is 5.75 Å². The molecule has 2 nitrogen and oxygen atoms in total. The van der Waals surface area contributed by atoms with Gasteiger partial charge in [0.1, 0.15) is 12.4 Å². The number of hydrogen-bond donors (Lipinski definition) is 0. The zero-order valence-electron chi connectivity index (χ0n) is 10.5. The molecule has 18 heavy (non-hydrogen) atoms. The lowest BCUT2D eigenvalue weighted by Crippen LogP contribution is -2.27. The maximum absolute atomic E-state index is 6.23. The smallest absolute Gasteiger partial charge is 0.120 e. The van der Waals surface area contributed by atoms with Crippen LogP contribution in [0.1, 0.15) is 38.5 Å². The Morgan fingerprint density at radius 3 is 2.89 bits per heavy atom. The van der Waals surface area contributed by atoms with E-state index in [1.807, 2.05) is 12.1 Å². The molecular formula is C15H19IO2. The predicted molar refractivity (Wildman–Crippen MR) is 80.0 cm³/mol. The average Bonchev–Trinajstić information content (AvgIpc) is 2.98. The molecule has 0 N–H and O–H groups in total. The van der Waals surface area contributed by atoms with E-state index in [-0.39, 0.29) is 5.60 Å². The van der Waals surface area contributed by atoms with Crippen molar-refractivity contribution >= 4 is 22.6 Å². The standard InChI is InChI=1S/C15H19IO2/c16-12-4-3-5-13(10-12)17-11-14-6-9-15(18-14)7-1-2-8-15/h3-5,10,14H,1-2,6-9,11H2. The topological polar surface area (TPSA) is 18.5 Å². The third-order valence-electron chi connectivity index (χ3n) is 4.09. The molecule has 1 atom stereocenters. The molecule has 1 aromatic carbocycles. The monoisotopic (exact) mass is 358 g/mol. The van der Waals surface area contributed by atoms with Crippen LogP contribution < -0.4 is 4.74 Å². The van der Waals surface area contributed by atoms with Crippen molar-refractivity contribution in [1.82, 2.24) is 0 Å². The molecule has 1 aromatic rings. The summed E-state index contributed by atoms with van der Waals surface area (Å²) in [5.74, 6) is 0.956. The van der Waals surface area contributed by atoms with Gasteiger partial charge in [-0.3, -0.25) is 0 Å². The number of ether oxygens (including phenoxy) is 2. The van der Waals surface area contributed by atoms with E-state index in [0.29, 0.717) is 12.7 Å². The van der Waals surface area contributed by atoms with E-state index in [9.17, 15) is 0 Å². The highest BCUT2D eigenvalue weighted by atomic mass is 127. The van der Waals surface area contributed by atoms with Gasteiger partial charge in [0.05, 0.1) is 11.7 Å². The number of rotatable bonds is 3. The third-order valence-corrected chi connectivity index (χ3v) is 4.76. The Labute approximate surface area is 122 Å². The first-order valence-corrected chi connectivity index (χ1v) is 7.90.